The summed E-state index contributed by atoms with van der Waals surface area (Å²) in [5.41, 5.74) is 0. The highest BCUT2D eigenvalue weighted by Gasteiger charge is 2.22. The Labute approximate surface area is 85.9 Å². The largest absolute Gasteiger partial charge is 0.481 e. The summed E-state index contributed by atoms with van der Waals surface area (Å²) in [6.07, 6.45) is -1.92. The maximum absolute atomic E-state index is 10.7. The fourth-order valence-electron chi connectivity index (χ4n) is 1.00. The average molecular weight is 222 g/mol. The van der Waals surface area contributed by atoms with Gasteiger partial charge in [0.2, 0.25) is 6.10 Å². The lowest BCUT2D eigenvalue weighted by molar-refractivity contribution is -0.151. The van der Waals surface area contributed by atoms with Crippen LogP contribution in [0.1, 0.15) is 6.42 Å². The minimum absolute atomic E-state index is 0.339. The molecule has 1 aromatic rings. The molecule has 0 saturated heterocycles. The summed E-state index contributed by atoms with van der Waals surface area (Å²) in [6.45, 7) is 0. The minimum Gasteiger partial charge on any atom is -0.481 e. The van der Waals surface area contributed by atoms with Crippen molar-refractivity contribution in [3.63, 3.8) is 0 Å². The van der Waals surface area contributed by atoms with E-state index in [0.29, 0.717) is 5.75 Å². The third kappa shape index (κ3) is 3.68. The molecule has 80 valence electrons. The third-order valence-corrected chi connectivity index (χ3v) is 1.66. The number of rotatable bonds is 5. The van der Waals surface area contributed by atoms with Gasteiger partial charge in [0.15, 0.2) is 0 Å². The number of carboxylic acid groups (broad SMARTS) is 2. The summed E-state index contributed by atoms with van der Waals surface area (Å²) in [5, 5.41) is 17.2. The number of benzene rings is 1. The smallest absolute Gasteiger partial charge is 0.345 e. The SMILES string of the molecule is O=C(O)CC(O[14c]1[14cH][14cH][14cH][14cH][14cH]1)C(=O)O. The fraction of sp³-hybridized carbons (Fsp3) is 0.200. The fourth-order valence-corrected chi connectivity index (χ4v) is 1.00. The van der Waals surface area contributed by atoms with Gasteiger partial charge in [-0.3, -0.25) is 4.79 Å². The van der Waals surface area contributed by atoms with Crippen LogP contribution >= 0.6 is 0 Å². The Balaban J connectivity index is 2.67. The van der Waals surface area contributed by atoms with E-state index in [-0.39, 0.29) is 0 Å². The average Bonchev–Trinajstić information content (AvgIpc) is 2.17. The second-order valence-electron chi connectivity index (χ2n) is 2.86. The van der Waals surface area contributed by atoms with E-state index >= 15 is 0 Å². The summed E-state index contributed by atoms with van der Waals surface area (Å²) >= 11 is 0. The van der Waals surface area contributed by atoms with Crippen LogP contribution in [0.4, 0.5) is 0 Å². The Morgan fingerprint density at radius 1 is 1.20 bits per heavy atom. The highest BCUT2D eigenvalue weighted by molar-refractivity contribution is 5.79. The molecule has 0 aliphatic rings. The molecule has 0 amide bonds. The quantitative estimate of drug-likeness (QED) is 0.776. The Kier molecular flexibility index (Phi) is 3.68. The van der Waals surface area contributed by atoms with Crippen molar-refractivity contribution in [2.45, 2.75) is 12.5 Å². The summed E-state index contributed by atoms with van der Waals surface area (Å²) in [5.74, 6) is -2.16. The monoisotopic (exact) mass is 222 g/mol. The summed E-state index contributed by atoms with van der Waals surface area (Å²) < 4.78 is 5.01. The van der Waals surface area contributed by atoms with Gasteiger partial charge in [-0.1, -0.05) is 18.2 Å². The summed E-state index contributed by atoms with van der Waals surface area (Å²) in [4.78, 5) is 21.0. The molecule has 1 atom stereocenters. The van der Waals surface area contributed by atoms with Crippen molar-refractivity contribution in [3.05, 3.63) is 30.3 Å². The zero-order valence-corrected chi connectivity index (χ0v) is 7.79. The predicted molar refractivity (Wildman–Crippen MR) is 50.7 cm³/mol. The maximum atomic E-state index is 10.7. The van der Waals surface area contributed by atoms with Gasteiger partial charge in [-0.05, 0) is 12.1 Å². The van der Waals surface area contributed by atoms with Crippen LogP contribution in [0.5, 0.6) is 5.75 Å². The topological polar surface area (TPSA) is 83.8 Å². The van der Waals surface area contributed by atoms with Crippen LogP contribution in [0.15, 0.2) is 30.3 Å². The number of para-hydroxylation sites is 1. The Morgan fingerprint density at radius 2 is 1.80 bits per heavy atom. The van der Waals surface area contributed by atoms with Gasteiger partial charge in [0.25, 0.3) is 0 Å². The van der Waals surface area contributed by atoms with Crippen molar-refractivity contribution < 1.29 is 24.5 Å². The highest BCUT2D eigenvalue weighted by Crippen LogP contribution is 2.12. The van der Waals surface area contributed by atoms with Crippen molar-refractivity contribution in [2.75, 3.05) is 0 Å². The van der Waals surface area contributed by atoms with Gasteiger partial charge in [-0.2, -0.15) is 0 Å². The zero-order chi connectivity index (χ0) is 11.3. The predicted octanol–water partition coefficient (Wildman–Crippen LogP) is 0.993. The molecule has 0 radical (unpaired) electrons. The molecule has 0 saturated carbocycles. The number of ether oxygens (including phenoxy) is 1. The Morgan fingerprint density at radius 3 is 2.27 bits per heavy atom. The van der Waals surface area contributed by atoms with Crippen LogP contribution in [-0.4, -0.2) is 28.3 Å². The van der Waals surface area contributed by atoms with Crippen molar-refractivity contribution >= 4 is 11.9 Å². The molecule has 0 aromatic heterocycles. The van der Waals surface area contributed by atoms with Gasteiger partial charge in [-0.15, -0.1) is 0 Å². The van der Waals surface area contributed by atoms with E-state index in [1.165, 1.54) is 0 Å². The number of carbonyl (C=O) groups is 2. The van der Waals surface area contributed by atoms with Crippen molar-refractivity contribution in [1.29, 1.82) is 0 Å². The van der Waals surface area contributed by atoms with Gasteiger partial charge in [-0.25, -0.2) is 4.79 Å². The van der Waals surface area contributed by atoms with E-state index in [2.05, 4.69) is 0 Å². The first kappa shape index (κ1) is 11.0. The molecule has 5 heteroatoms. The lowest BCUT2D eigenvalue weighted by Crippen LogP contribution is -2.29. The number of carboxylic acids is 2. The van der Waals surface area contributed by atoms with Crippen molar-refractivity contribution in [3.8, 4) is 5.75 Å². The zero-order valence-electron chi connectivity index (χ0n) is 7.79. The second-order valence-corrected chi connectivity index (χ2v) is 2.86. The molecule has 15 heavy (non-hydrogen) atoms. The molecule has 1 aromatic carbocycles. The molecule has 0 bridgehead atoms. The second kappa shape index (κ2) is 4.99. The van der Waals surface area contributed by atoms with E-state index in [1.54, 1.807) is 30.3 Å². The first-order valence-electron chi connectivity index (χ1n) is 4.26. The number of hydrogen-bond acceptors (Lipinski definition) is 3. The lowest BCUT2D eigenvalue weighted by atomic mass is 10.2. The van der Waals surface area contributed by atoms with E-state index in [4.69, 9.17) is 14.9 Å². The first-order chi connectivity index (χ1) is 7.09. The van der Waals surface area contributed by atoms with Crippen LogP contribution in [0.2, 0.25) is 0 Å². The van der Waals surface area contributed by atoms with Crippen LogP contribution in [-0.2, 0) is 9.59 Å². The van der Waals surface area contributed by atoms with Gasteiger partial charge < -0.3 is 14.9 Å². The molecule has 5 nitrogen and oxygen atoms in total. The molecule has 0 spiro atoms. The molecule has 0 fully saturated rings. The molecule has 1 rings (SSSR count). The van der Waals surface area contributed by atoms with E-state index in [1.807, 2.05) is 0 Å². The van der Waals surface area contributed by atoms with Gasteiger partial charge in [0.05, 0.1) is 6.42 Å². The standard InChI is InChI=1S/C10H10O5/c11-9(12)6-8(10(13)14)15-7-4-2-1-3-5-7/h1-5,8H,6H2,(H,11,12)(H,13,14)/i1+2,2+2,3+2,4+2,5+2,7+2. The van der Waals surface area contributed by atoms with Crippen LogP contribution in [0.3, 0.4) is 0 Å². The Bertz CT molecular complexity index is 346. The normalized spacial score (nSPS) is 11.7. The van der Waals surface area contributed by atoms with E-state index in [0.717, 1.165) is 0 Å². The molecule has 0 heterocycles. The maximum Gasteiger partial charge on any atom is 0.345 e. The summed E-state index contributed by atoms with van der Waals surface area (Å²) in [7, 11) is 0. The molecule has 1 unspecified atom stereocenters. The van der Waals surface area contributed by atoms with E-state index in [9.17, 15) is 9.59 Å². The van der Waals surface area contributed by atoms with Crippen LogP contribution in [0.25, 0.3) is 0 Å². The third-order valence-electron chi connectivity index (χ3n) is 1.66. The lowest BCUT2D eigenvalue weighted by Gasteiger charge is -2.12. The Hall–Kier alpha value is -2.04. The summed E-state index contributed by atoms with van der Waals surface area (Å²) in [6, 6.07) is 8.24. The van der Waals surface area contributed by atoms with Crippen LogP contribution < -0.4 is 4.74 Å². The van der Waals surface area contributed by atoms with Crippen molar-refractivity contribution in [1.82, 2.24) is 0 Å². The van der Waals surface area contributed by atoms with Gasteiger partial charge in [0.1, 0.15) is 5.75 Å². The molecular weight excluding hydrogens is 212 g/mol. The van der Waals surface area contributed by atoms with Crippen LogP contribution in [0, 0.1) is 0 Å². The number of hydrogen-bond donors (Lipinski definition) is 2. The number of aliphatic carboxylic acids is 2. The first-order valence-corrected chi connectivity index (χ1v) is 4.26. The molecular formula is C10H10O5. The van der Waals surface area contributed by atoms with Crippen molar-refractivity contribution in [2.24, 2.45) is 0 Å². The van der Waals surface area contributed by atoms with Gasteiger partial charge in [0, 0.05) is 0 Å². The van der Waals surface area contributed by atoms with Gasteiger partial charge >= 0.3 is 11.9 Å². The molecule has 0 aliphatic carbocycles. The molecule has 0 aliphatic heterocycles. The highest BCUT2D eigenvalue weighted by atomic mass is 16.7. The van der Waals surface area contributed by atoms with E-state index < -0.39 is 24.5 Å². The molecule has 2 N–H and O–H groups in total. The minimum atomic E-state index is -1.36.